The van der Waals surface area contributed by atoms with E-state index in [1.807, 2.05) is 0 Å². The van der Waals surface area contributed by atoms with E-state index in [0.717, 1.165) is 12.8 Å². The van der Waals surface area contributed by atoms with Crippen molar-refractivity contribution >= 4 is 15.7 Å². The van der Waals surface area contributed by atoms with Gasteiger partial charge >= 0.3 is 0 Å². The fourth-order valence-corrected chi connectivity index (χ4v) is 4.27. The van der Waals surface area contributed by atoms with E-state index in [9.17, 15) is 13.5 Å². The highest BCUT2D eigenvalue weighted by molar-refractivity contribution is 7.89. The number of hydrogen-bond donors (Lipinski definition) is 2. The average molecular weight is 298 g/mol. The fourth-order valence-electron chi connectivity index (χ4n) is 2.82. The molecule has 5 nitrogen and oxygen atoms in total. The smallest absolute Gasteiger partial charge is 0.243 e. The highest BCUT2D eigenvalue weighted by Crippen LogP contribution is 2.31. The Labute approximate surface area is 120 Å². The molecule has 0 aliphatic heterocycles. The van der Waals surface area contributed by atoms with Crippen LogP contribution in [0, 0.1) is 6.92 Å². The molecule has 112 valence electrons. The Morgan fingerprint density at radius 1 is 1.35 bits per heavy atom. The number of nitrogens with zero attached hydrogens (tertiary/aromatic N) is 1. The zero-order chi connectivity index (χ0) is 15.0. The van der Waals surface area contributed by atoms with Crippen LogP contribution in [0.5, 0.6) is 0 Å². The Morgan fingerprint density at radius 2 is 1.95 bits per heavy atom. The first-order chi connectivity index (χ1) is 9.24. The van der Waals surface area contributed by atoms with Gasteiger partial charge < -0.3 is 10.8 Å². The van der Waals surface area contributed by atoms with Crippen LogP contribution < -0.4 is 5.73 Å². The molecule has 0 saturated heterocycles. The third-order valence-electron chi connectivity index (χ3n) is 3.94. The van der Waals surface area contributed by atoms with E-state index >= 15 is 0 Å². The lowest BCUT2D eigenvalue weighted by Gasteiger charge is -2.28. The average Bonchev–Trinajstić information content (AvgIpc) is 2.75. The van der Waals surface area contributed by atoms with Gasteiger partial charge in [-0.1, -0.05) is 12.8 Å². The first-order valence-electron chi connectivity index (χ1n) is 6.79. The van der Waals surface area contributed by atoms with Crippen molar-refractivity contribution in [1.82, 2.24) is 4.31 Å². The monoisotopic (exact) mass is 298 g/mol. The standard InChI is InChI=1S/C14H22N2O3S/c1-11-9-12(15)5-6-13(11)20(18,19)16(2)10-14(17)7-3-4-8-14/h5-6,9,17H,3-4,7-8,10,15H2,1-2H3. The van der Waals surface area contributed by atoms with Gasteiger partial charge in [0.25, 0.3) is 0 Å². The quantitative estimate of drug-likeness (QED) is 0.825. The van der Waals surface area contributed by atoms with Gasteiger partial charge in [-0.25, -0.2) is 8.42 Å². The van der Waals surface area contributed by atoms with Gasteiger partial charge in [-0.3, -0.25) is 0 Å². The summed E-state index contributed by atoms with van der Waals surface area (Å²) in [5, 5.41) is 10.4. The lowest BCUT2D eigenvalue weighted by Crippen LogP contribution is -2.42. The van der Waals surface area contributed by atoms with Crippen LogP contribution in [0.15, 0.2) is 23.1 Å². The van der Waals surface area contributed by atoms with E-state index in [1.165, 1.54) is 17.4 Å². The summed E-state index contributed by atoms with van der Waals surface area (Å²) in [6.07, 6.45) is 3.22. The minimum Gasteiger partial charge on any atom is -0.399 e. The lowest BCUT2D eigenvalue weighted by molar-refractivity contribution is 0.0333. The number of nitrogen functional groups attached to an aromatic ring is 1. The van der Waals surface area contributed by atoms with Gasteiger partial charge in [0.15, 0.2) is 0 Å². The minimum absolute atomic E-state index is 0.138. The van der Waals surface area contributed by atoms with Crippen molar-refractivity contribution in [2.75, 3.05) is 19.3 Å². The maximum Gasteiger partial charge on any atom is 0.243 e. The van der Waals surface area contributed by atoms with Gasteiger partial charge in [0, 0.05) is 19.3 Å². The SMILES string of the molecule is Cc1cc(N)ccc1S(=O)(=O)N(C)CC1(O)CCCC1. The van der Waals surface area contributed by atoms with Crippen LogP contribution in [0.2, 0.25) is 0 Å². The van der Waals surface area contributed by atoms with E-state index < -0.39 is 15.6 Å². The Hall–Kier alpha value is -1.11. The summed E-state index contributed by atoms with van der Waals surface area (Å²) in [4.78, 5) is 0.246. The number of aryl methyl sites for hydroxylation is 1. The van der Waals surface area contributed by atoms with Gasteiger partial charge in [-0.05, 0) is 43.5 Å². The number of likely N-dealkylation sites (N-methyl/N-ethyl adjacent to an activating group) is 1. The Kier molecular flexibility index (Phi) is 4.09. The molecule has 1 aromatic carbocycles. The molecule has 6 heteroatoms. The van der Waals surface area contributed by atoms with Gasteiger partial charge in [0.2, 0.25) is 10.0 Å². The Morgan fingerprint density at radius 3 is 2.50 bits per heavy atom. The molecule has 1 saturated carbocycles. The van der Waals surface area contributed by atoms with Crippen LogP contribution in [0.4, 0.5) is 5.69 Å². The van der Waals surface area contributed by atoms with Crippen molar-refractivity contribution < 1.29 is 13.5 Å². The molecule has 1 fully saturated rings. The van der Waals surface area contributed by atoms with Crippen molar-refractivity contribution in [3.63, 3.8) is 0 Å². The number of hydrogen-bond acceptors (Lipinski definition) is 4. The second kappa shape index (κ2) is 5.35. The highest BCUT2D eigenvalue weighted by Gasteiger charge is 2.36. The lowest BCUT2D eigenvalue weighted by atomic mass is 10.0. The van der Waals surface area contributed by atoms with E-state index in [-0.39, 0.29) is 11.4 Å². The summed E-state index contributed by atoms with van der Waals surface area (Å²) in [5.41, 5.74) is 5.93. The summed E-state index contributed by atoms with van der Waals surface area (Å²) in [6, 6.07) is 4.75. The van der Waals surface area contributed by atoms with Crippen LogP contribution in [0.25, 0.3) is 0 Å². The molecule has 0 unspecified atom stereocenters. The van der Waals surface area contributed by atoms with Crippen molar-refractivity contribution in [1.29, 1.82) is 0 Å². The predicted octanol–water partition coefficient (Wildman–Crippen LogP) is 1.50. The highest BCUT2D eigenvalue weighted by atomic mass is 32.2. The van der Waals surface area contributed by atoms with E-state index in [2.05, 4.69) is 0 Å². The first-order valence-corrected chi connectivity index (χ1v) is 8.23. The third kappa shape index (κ3) is 2.97. The normalized spacial score (nSPS) is 18.6. The van der Waals surface area contributed by atoms with E-state index in [4.69, 9.17) is 5.73 Å². The van der Waals surface area contributed by atoms with E-state index in [1.54, 1.807) is 19.1 Å². The number of sulfonamides is 1. The van der Waals surface area contributed by atoms with Crippen molar-refractivity contribution in [3.8, 4) is 0 Å². The van der Waals surface area contributed by atoms with Gasteiger partial charge in [-0.2, -0.15) is 4.31 Å². The molecular formula is C14H22N2O3S. The van der Waals surface area contributed by atoms with Crippen LogP contribution in [-0.4, -0.2) is 37.0 Å². The van der Waals surface area contributed by atoms with Crippen molar-refractivity contribution in [3.05, 3.63) is 23.8 Å². The van der Waals surface area contributed by atoms with Crippen molar-refractivity contribution in [2.45, 2.75) is 43.1 Å². The van der Waals surface area contributed by atoms with Gasteiger partial charge in [-0.15, -0.1) is 0 Å². The molecule has 0 bridgehead atoms. The molecule has 1 aromatic rings. The maximum atomic E-state index is 12.6. The first kappa shape index (κ1) is 15.3. The fraction of sp³-hybridized carbons (Fsp3) is 0.571. The molecular weight excluding hydrogens is 276 g/mol. The summed E-state index contributed by atoms with van der Waals surface area (Å²) in [7, 11) is -2.08. The molecule has 0 atom stereocenters. The Balaban J connectivity index is 2.25. The summed E-state index contributed by atoms with van der Waals surface area (Å²) in [6.45, 7) is 1.86. The molecule has 0 aromatic heterocycles. The molecule has 20 heavy (non-hydrogen) atoms. The number of rotatable bonds is 4. The van der Waals surface area contributed by atoms with Crippen LogP contribution in [-0.2, 0) is 10.0 Å². The second-order valence-corrected chi connectivity index (χ2v) is 7.73. The molecule has 0 radical (unpaired) electrons. The third-order valence-corrected chi connectivity index (χ3v) is 5.90. The maximum absolute atomic E-state index is 12.6. The largest absolute Gasteiger partial charge is 0.399 e. The van der Waals surface area contributed by atoms with Gasteiger partial charge in [0.05, 0.1) is 10.5 Å². The molecule has 3 N–H and O–H groups in total. The van der Waals surface area contributed by atoms with Crippen LogP contribution >= 0.6 is 0 Å². The topological polar surface area (TPSA) is 83.6 Å². The minimum atomic E-state index is -3.59. The van der Waals surface area contributed by atoms with E-state index in [0.29, 0.717) is 24.1 Å². The van der Waals surface area contributed by atoms with Crippen LogP contribution in [0.1, 0.15) is 31.2 Å². The van der Waals surface area contributed by atoms with Gasteiger partial charge in [0.1, 0.15) is 0 Å². The Bertz CT molecular complexity index is 592. The zero-order valence-corrected chi connectivity index (χ0v) is 12.8. The predicted molar refractivity (Wildman–Crippen MR) is 78.8 cm³/mol. The number of anilines is 1. The summed E-state index contributed by atoms with van der Waals surface area (Å²) < 4.78 is 26.4. The second-order valence-electron chi connectivity index (χ2n) is 5.72. The molecule has 2 rings (SSSR count). The number of nitrogens with two attached hydrogens (primary N) is 1. The zero-order valence-electron chi connectivity index (χ0n) is 12.0. The molecule has 1 aliphatic rings. The summed E-state index contributed by atoms with van der Waals surface area (Å²) in [5.74, 6) is 0. The molecule has 0 amide bonds. The van der Waals surface area contributed by atoms with Crippen molar-refractivity contribution in [2.24, 2.45) is 0 Å². The molecule has 0 spiro atoms. The molecule has 1 aliphatic carbocycles. The summed E-state index contributed by atoms with van der Waals surface area (Å²) >= 11 is 0. The number of benzene rings is 1. The molecule has 0 heterocycles. The number of aliphatic hydroxyl groups is 1. The van der Waals surface area contributed by atoms with Crippen LogP contribution in [0.3, 0.4) is 0 Å².